The van der Waals surface area contributed by atoms with Crippen LogP contribution in [0.25, 0.3) is 0 Å². The summed E-state index contributed by atoms with van der Waals surface area (Å²) < 4.78 is 27.5. The van der Waals surface area contributed by atoms with Crippen molar-refractivity contribution in [3.05, 3.63) is 29.8 Å². The maximum absolute atomic E-state index is 12.4. The van der Waals surface area contributed by atoms with Crippen LogP contribution in [0.1, 0.15) is 19.4 Å². The van der Waals surface area contributed by atoms with Crippen molar-refractivity contribution in [3.8, 4) is 6.07 Å². The monoisotopic (exact) mass is 295 g/mol. The second kappa shape index (κ2) is 6.84. The number of likely N-dealkylation sites (N-methyl/N-ethyl adjacent to an activating group) is 1. The van der Waals surface area contributed by atoms with Gasteiger partial charge in [0, 0.05) is 12.6 Å². The Morgan fingerprint density at radius 2 is 1.90 bits per heavy atom. The molecule has 5 nitrogen and oxygen atoms in total. The van der Waals surface area contributed by atoms with Crippen molar-refractivity contribution in [1.29, 1.82) is 5.26 Å². The summed E-state index contributed by atoms with van der Waals surface area (Å²) in [5.74, 6) is 0.154. The van der Waals surface area contributed by atoms with Crippen LogP contribution in [0.2, 0.25) is 0 Å². The van der Waals surface area contributed by atoms with Crippen LogP contribution >= 0.6 is 0 Å². The molecule has 0 radical (unpaired) electrons. The number of hydrogen-bond donors (Lipinski definition) is 1. The zero-order valence-corrected chi connectivity index (χ0v) is 13.1. The van der Waals surface area contributed by atoms with E-state index in [4.69, 9.17) is 5.26 Å². The Balaban J connectivity index is 3.07. The van der Waals surface area contributed by atoms with Crippen LogP contribution < -0.4 is 4.72 Å². The molecule has 1 aromatic carbocycles. The van der Waals surface area contributed by atoms with Crippen LogP contribution in [0.3, 0.4) is 0 Å². The fraction of sp³-hybridized carbons (Fsp3) is 0.500. The second-order valence-electron chi connectivity index (χ2n) is 5.34. The van der Waals surface area contributed by atoms with Gasteiger partial charge < -0.3 is 4.90 Å². The number of benzene rings is 1. The molecule has 110 valence electrons. The van der Waals surface area contributed by atoms with Crippen molar-refractivity contribution >= 4 is 10.0 Å². The molecule has 0 aliphatic carbocycles. The van der Waals surface area contributed by atoms with Gasteiger partial charge in [-0.25, -0.2) is 13.1 Å². The molecular weight excluding hydrogens is 274 g/mol. The molecule has 0 spiro atoms. The molecule has 1 rings (SSSR count). The number of nitrogens with zero attached hydrogens (tertiary/aromatic N) is 2. The van der Waals surface area contributed by atoms with Gasteiger partial charge in [0.1, 0.15) is 6.07 Å². The lowest BCUT2D eigenvalue weighted by Gasteiger charge is -2.25. The zero-order chi connectivity index (χ0) is 15.3. The number of nitriles is 1. The first-order valence-corrected chi connectivity index (χ1v) is 7.92. The highest BCUT2D eigenvalue weighted by Crippen LogP contribution is 2.16. The summed E-state index contributed by atoms with van der Waals surface area (Å²) in [6.45, 7) is 4.53. The number of nitrogens with one attached hydrogen (secondary N) is 1. The van der Waals surface area contributed by atoms with Crippen LogP contribution in [-0.4, -0.2) is 40.0 Å². The molecule has 0 aliphatic heterocycles. The molecule has 20 heavy (non-hydrogen) atoms. The minimum absolute atomic E-state index is 0.0342. The third-order valence-electron chi connectivity index (χ3n) is 2.97. The summed E-state index contributed by atoms with van der Waals surface area (Å²) in [6, 6.07) is 7.93. The lowest BCUT2D eigenvalue weighted by Crippen LogP contribution is -2.45. The largest absolute Gasteiger partial charge is 0.308 e. The van der Waals surface area contributed by atoms with Crippen molar-refractivity contribution < 1.29 is 8.42 Å². The molecule has 0 aromatic heterocycles. The summed E-state index contributed by atoms with van der Waals surface area (Å²) in [4.78, 5) is 1.97. The first kappa shape index (κ1) is 16.6. The fourth-order valence-electron chi connectivity index (χ4n) is 1.83. The van der Waals surface area contributed by atoms with Crippen LogP contribution in [0, 0.1) is 17.2 Å². The van der Waals surface area contributed by atoms with Crippen LogP contribution in [0.5, 0.6) is 0 Å². The lowest BCUT2D eigenvalue weighted by molar-refractivity contribution is 0.314. The highest BCUT2D eigenvalue weighted by atomic mass is 32.2. The summed E-state index contributed by atoms with van der Waals surface area (Å²) >= 11 is 0. The van der Waals surface area contributed by atoms with E-state index in [1.165, 1.54) is 12.1 Å². The van der Waals surface area contributed by atoms with E-state index < -0.39 is 10.0 Å². The maximum atomic E-state index is 12.4. The van der Waals surface area contributed by atoms with Crippen LogP contribution in [-0.2, 0) is 10.0 Å². The molecule has 1 N–H and O–H groups in total. The molecule has 0 amide bonds. The highest BCUT2D eigenvalue weighted by molar-refractivity contribution is 7.89. The van der Waals surface area contributed by atoms with Gasteiger partial charge >= 0.3 is 0 Å². The van der Waals surface area contributed by atoms with E-state index in [1.807, 2.05) is 38.9 Å². The Hall–Kier alpha value is -1.42. The molecule has 1 unspecified atom stereocenters. The predicted molar refractivity (Wildman–Crippen MR) is 78.7 cm³/mol. The lowest BCUT2D eigenvalue weighted by atomic mass is 10.1. The number of hydrogen-bond acceptors (Lipinski definition) is 4. The minimum atomic E-state index is -3.69. The molecule has 1 aromatic rings. The van der Waals surface area contributed by atoms with E-state index in [1.54, 1.807) is 12.1 Å². The molecule has 0 aliphatic rings. The maximum Gasteiger partial charge on any atom is 0.242 e. The first-order valence-electron chi connectivity index (χ1n) is 6.44. The van der Waals surface area contributed by atoms with E-state index in [-0.39, 0.29) is 22.4 Å². The summed E-state index contributed by atoms with van der Waals surface area (Å²) in [7, 11) is 0.0994. The predicted octanol–water partition coefficient (Wildman–Crippen LogP) is 1.42. The standard InChI is InChI=1S/C14H21N3O2S/c1-11(2)13(10-17(3)4)16-20(18,19)14-8-6-5-7-12(14)9-15/h5-8,11,13,16H,10H2,1-4H3. The van der Waals surface area contributed by atoms with Gasteiger partial charge in [0.2, 0.25) is 10.0 Å². The third kappa shape index (κ3) is 4.30. The molecular formula is C14H21N3O2S. The van der Waals surface area contributed by atoms with Crippen molar-refractivity contribution in [2.75, 3.05) is 20.6 Å². The van der Waals surface area contributed by atoms with E-state index in [0.717, 1.165) is 0 Å². The fourth-order valence-corrected chi connectivity index (χ4v) is 3.37. The summed E-state index contributed by atoms with van der Waals surface area (Å²) in [5, 5.41) is 9.02. The second-order valence-corrected chi connectivity index (χ2v) is 7.02. The van der Waals surface area contributed by atoms with Gasteiger partial charge in [0.25, 0.3) is 0 Å². The van der Waals surface area contributed by atoms with E-state index in [9.17, 15) is 8.42 Å². The van der Waals surface area contributed by atoms with Gasteiger partial charge in [-0.15, -0.1) is 0 Å². The minimum Gasteiger partial charge on any atom is -0.308 e. The Bertz CT molecular complexity index is 589. The van der Waals surface area contributed by atoms with Gasteiger partial charge in [-0.3, -0.25) is 0 Å². The van der Waals surface area contributed by atoms with Crippen molar-refractivity contribution in [3.63, 3.8) is 0 Å². The van der Waals surface area contributed by atoms with E-state index in [0.29, 0.717) is 6.54 Å². The average Bonchev–Trinajstić information content (AvgIpc) is 2.37. The van der Waals surface area contributed by atoms with Crippen molar-refractivity contribution in [1.82, 2.24) is 9.62 Å². The zero-order valence-electron chi connectivity index (χ0n) is 12.3. The van der Waals surface area contributed by atoms with Crippen molar-refractivity contribution in [2.45, 2.75) is 24.8 Å². The van der Waals surface area contributed by atoms with Gasteiger partial charge in [0.15, 0.2) is 0 Å². The molecule has 0 bridgehead atoms. The number of rotatable bonds is 6. The Labute approximate surface area is 121 Å². The SMILES string of the molecule is CC(C)C(CN(C)C)NS(=O)(=O)c1ccccc1C#N. The van der Waals surface area contributed by atoms with Gasteiger partial charge in [-0.05, 0) is 32.1 Å². The molecule has 1 atom stereocenters. The Morgan fingerprint density at radius 3 is 2.40 bits per heavy atom. The van der Waals surface area contributed by atoms with Crippen LogP contribution in [0.4, 0.5) is 0 Å². The number of sulfonamides is 1. The van der Waals surface area contributed by atoms with Crippen LogP contribution in [0.15, 0.2) is 29.2 Å². The first-order chi connectivity index (χ1) is 9.27. The highest BCUT2D eigenvalue weighted by Gasteiger charge is 2.24. The Kier molecular flexibility index (Phi) is 5.69. The van der Waals surface area contributed by atoms with Gasteiger partial charge in [0.05, 0.1) is 10.5 Å². The molecule has 0 saturated carbocycles. The molecule has 0 heterocycles. The summed E-state index contributed by atoms with van der Waals surface area (Å²) in [6.07, 6.45) is 0. The third-order valence-corrected chi connectivity index (χ3v) is 4.52. The average molecular weight is 295 g/mol. The normalized spacial score (nSPS) is 13.4. The van der Waals surface area contributed by atoms with E-state index in [2.05, 4.69) is 4.72 Å². The van der Waals surface area contributed by atoms with E-state index >= 15 is 0 Å². The van der Waals surface area contributed by atoms with Crippen molar-refractivity contribution in [2.24, 2.45) is 5.92 Å². The molecule has 0 saturated heterocycles. The smallest absolute Gasteiger partial charge is 0.242 e. The Morgan fingerprint density at radius 1 is 1.30 bits per heavy atom. The van der Waals surface area contributed by atoms with Gasteiger partial charge in [-0.2, -0.15) is 5.26 Å². The van der Waals surface area contributed by atoms with Gasteiger partial charge in [-0.1, -0.05) is 26.0 Å². The quantitative estimate of drug-likeness (QED) is 0.861. The molecule has 0 fully saturated rings. The summed E-state index contributed by atoms with van der Waals surface area (Å²) in [5.41, 5.74) is 0.160. The topological polar surface area (TPSA) is 73.2 Å². The molecule has 6 heteroatoms.